The molecule has 2 N–H and O–H groups in total. The van der Waals surface area contributed by atoms with Crippen LogP contribution in [0.2, 0.25) is 0 Å². The lowest BCUT2D eigenvalue weighted by molar-refractivity contribution is 0.0983. The van der Waals surface area contributed by atoms with Crippen LogP contribution in [-0.4, -0.2) is 19.0 Å². The van der Waals surface area contributed by atoms with Crippen molar-refractivity contribution >= 4 is 11.6 Å². The lowest BCUT2D eigenvalue weighted by Gasteiger charge is -2.22. The van der Waals surface area contributed by atoms with Crippen molar-refractivity contribution in [3.63, 3.8) is 0 Å². The number of carbonyl (C=O) groups is 1. The SMILES string of the molecule is NCCN(C(=O)c1ccccc1F)c1ccc(F)cc1. The van der Waals surface area contributed by atoms with E-state index in [9.17, 15) is 13.6 Å². The number of benzene rings is 2. The molecule has 0 fully saturated rings. The fourth-order valence-corrected chi connectivity index (χ4v) is 1.88. The van der Waals surface area contributed by atoms with Crippen LogP contribution in [0, 0.1) is 11.6 Å². The van der Waals surface area contributed by atoms with E-state index in [0.717, 1.165) is 0 Å². The van der Waals surface area contributed by atoms with E-state index in [-0.39, 0.29) is 18.7 Å². The fourth-order valence-electron chi connectivity index (χ4n) is 1.88. The molecule has 0 unspecified atom stereocenters. The maximum Gasteiger partial charge on any atom is 0.261 e. The molecule has 0 aliphatic carbocycles. The van der Waals surface area contributed by atoms with Gasteiger partial charge in [0.1, 0.15) is 11.6 Å². The van der Waals surface area contributed by atoms with Crippen molar-refractivity contribution in [1.29, 1.82) is 0 Å². The van der Waals surface area contributed by atoms with Crippen molar-refractivity contribution in [1.82, 2.24) is 0 Å². The molecular formula is C15H14F2N2O. The first-order valence-corrected chi connectivity index (χ1v) is 6.15. The molecule has 3 nitrogen and oxygen atoms in total. The largest absolute Gasteiger partial charge is 0.329 e. The molecule has 0 aliphatic heterocycles. The monoisotopic (exact) mass is 276 g/mol. The van der Waals surface area contributed by atoms with Crippen LogP contribution in [0.4, 0.5) is 14.5 Å². The predicted octanol–water partition coefficient (Wildman–Crippen LogP) is 2.57. The highest BCUT2D eigenvalue weighted by Crippen LogP contribution is 2.19. The Hall–Kier alpha value is -2.27. The minimum Gasteiger partial charge on any atom is -0.329 e. The van der Waals surface area contributed by atoms with E-state index < -0.39 is 17.5 Å². The van der Waals surface area contributed by atoms with Crippen LogP contribution in [-0.2, 0) is 0 Å². The second kappa shape index (κ2) is 6.25. The highest BCUT2D eigenvalue weighted by atomic mass is 19.1. The molecule has 0 heterocycles. The van der Waals surface area contributed by atoms with Gasteiger partial charge in [0.2, 0.25) is 0 Å². The normalized spacial score (nSPS) is 10.3. The third-order valence-corrected chi connectivity index (χ3v) is 2.84. The Morgan fingerprint density at radius 2 is 1.70 bits per heavy atom. The average molecular weight is 276 g/mol. The molecule has 0 aromatic heterocycles. The summed E-state index contributed by atoms with van der Waals surface area (Å²) in [6.07, 6.45) is 0. The van der Waals surface area contributed by atoms with Crippen molar-refractivity contribution in [3.8, 4) is 0 Å². The number of nitrogens with two attached hydrogens (primary N) is 1. The Morgan fingerprint density at radius 3 is 2.30 bits per heavy atom. The van der Waals surface area contributed by atoms with E-state index in [1.807, 2.05) is 0 Å². The van der Waals surface area contributed by atoms with Crippen LogP contribution >= 0.6 is 0 Å². The molecule has 0 atom stereocenters. The van der Waals surface area contributed by atoms with Gasteiger partial charge in [-0.2, -0.15) is 0 Å². The maximum atomic E-state index is 13.7. The molecule has 2 aromatic rings. The third kappa shape index (κ3) is 3.00. The zero-order valence-electron chi connectivity index (χ0n) is 10.7. The first-order chi connectivity index (χ1) is 9.63. The van der Waals surface area contributed by atoms with Crippen LogP contribution < -0.4 is 10.6 Å². The summed E-state index contributed by atoms with van der Waals surface area (Å²) in [5.41, 5.74) is 5.93. The van der Waals surface area contributed by atoms with E-state index in [0.29, 0.717) is 5.69 Å². The molecule has 0 saturated heterocycles. The van der Waals surface area contributed by atoms with Crippen LogP contribution in [0.1, 0.15) is 10.4 Å². The number of amides is 1. The molecule has 0 radical (unpaired) electrons. The number of anilines is 1. The van der Waals surface area contributed by atoms with E-state index in [2.05, 4.69) is 0 Å². The highest BCUT2D eigenvalue weighted by Gasteiger charge is 2.19. The van der Waals surface area contributed by atoms with E-state index >= 15 is 0 Å². The fraction of sp³-hybridized carbons (Fsp3) is 0.133. The third-order valence-electron chi connectivity index (χ3n) is 2.84. The lowest BCUT2D eigenvalue weighted by Crippen LogP contribution is -2.35. The van der Waals surface area contributed by atoms with Crippen molar-refractivity contribution in [2.75, 3.05) is 18.0 Å². The standard InChI is InChI=1S/C15H14F2N2O/c16-11-5-7-12(8-6-11)19(10-9-18)15(20)13-3-1-2-4-14(13)17/h1-8H,9-10,18H2. The van der Waals surface area contributed by atoms with Gasteiger partial charge in [0.25, 0.3) is 5.91 Å². The summed E-state index contributed by atoms with van der Waals surface area (Å²) >= 11 is 0. The summed E-state index contributed by atoms with van der Waals surface area (Å²) in [6.45, 7) is 0.441. The van der Waals surface area contributed by atoms with Crippen LogP contribution in [0.25, 0.3) is 0 Å². The first-order valence-electron chi connectivity index (χ1n) is 6.15. The molecule has 5 heteroatoms. The molecule has 2 aromatic carbocycles. The summed E-state index contributed by atoms with van der Waals surface area (Å²) in [5.74, 6) is -1.50. The van der Waals surface area contributed by atoms with Crippen molar-refractivity contribution in [3.05, 3.63) is 65.7 Å². The second-order valence-corrected chi connectivity index (χ2v) is 4.20. The van der Waals surface area contributed by atoms with E-state index in [4.69, 9.17) is 5.73 Å². The minimum atomic E-state index is -0.596. The van der Waals surface area contributed by atoms with E-state index in [1.165, 1.54) is 47.4 Å². The zero-order valence-corrected chi connectivity index (χ0v) is 10.7. The van der Waals surface area contributed by atoms with Crippen molar-refractivity contribution < 1.29 is 13.6 Å². The zero-order chi connectivity index (χ0) is 14.5. The summed E-state index contributed by atoms with van der Waals surface area (Å²) < 4.78 is 26.6. The van der Waals surface area contributed by atoms with Crippen LogP contribution in [0.5, 0.6) is 0 Å². The van der Waals surface area contributed by atoms with Crippen LogP contribution in [0.15, 0.2) is 48.5 Å². The molecule has 0 saturated carbocycles. The second-order valence-electron chi connectivity index (χ2n) is 4.20. The summed E-state index contributed by atoms with van der Waals surface area (Å²) in [6, 6.07) is 11.1. The van der Waals surface area contributed by atoms with Gasteiger partial charge in [0, 0.05) is 18.8 Å². The van der Waals surface area contributed by atoms with Crippen LogP contribution in [0.3, 0.4) is 0 Å². The molecule has 0 aliphatic rings. The molecule has 2 rings (SSSR count). The van der Waals surface area contributed by atoms with Gasteiger partial charge < -0.3 is 10.6 Å². The first kappa shape index (κ1) is 14.1. The number of halogens is 2. The number of rotatable bonds is 4. The molecule has 1 amide bonds. The van der Waals surface area contributed by atoms with Gasteiger partial charge in [-0.15, -0.1) is 0 Å². The maximum absolute atomic E-state index is 13.7. The summed E-state index contributed by atoms with van der Waals surface area (Å²) in [7, 11) is 0. The predicted molar refractivity (Wildman–Crippen MR) is 73.5 cm³/mol. The topological polar surface area (TPSA) is 46.3 Å². The van der Waals surface area contributed by atoms with Gasteiger partial charge in [-0.1, -0.05) is 12.1 Å². The van der Waals surface area contributed by atoms with Crippen molar-refractivity contribution in [2.45, 2.75) is 0 Å². The minimum absolute atomic E-state index is 0.0368. The average Bonchev–Trinajstić information content (AvgIpc) is 2.46. The Bertz CT molecular complexity index is 599. The Labute approximate surface area is 115 Å². The summed E-state index contributed by atoms with van der Waals surface area (Å²) in [5, 5.41) is 0. The Balaban J connectivity index is 2.36. The number of hydrogen-bond acceptors (Lipinski definition) is 2. The smallest absolute Gasteiger partial charge is 0.261 e. The van der Waals surface area contributed by atoms with Gasteiger partial charge >= 0.3 is 0 Å². The number of hydrogen-bond donors (Lipinski definition) is 1. The Kier molecular flexibility index (Phi) is 4.42. The van der Waals surface area contributed by atoms with Crippen molar-refractivity contribution in [2.24, 2.45) is 5.73 Å². The summed E-state index contributed by atoms with van der Waals surface area (Å²) in [4.78, 5) is 13.7. The van der Waals surface area contributed by atoms with Gasteiger partial charge in [0.05, 0.1) is 5.56 Å². The molecule has 104 valence electrons. The highest BCUT2D eigenvalue weighted by molar-refractivity contribution is 6.06. The van der Waals surface area contributed by atoms with Gasteiger partial charge in [-0.3, -0.25) is 4.79 Å². The number of nitrogens with zero attached hydrogens (tertiary/aromatic N) is 1. The molecule has 0 bridgehead atoms. The Morgan fingerprint density at radius 1 is 1.05 bits per heavy atom. The molecular weight excluding hydrogens is 262 g/mol. The van der Waals surface area contributed by atoms with E-state index in [1.54, 1.807) is 6.07 Å². The van der Waals surface area contributed by atoms with Gasteiger partial charge in [-0.25, -0.2) is 8.78 Å². The van der Waals surface area contributed by atoms with Gasteiger partial charge in [0.15, 0.2) is 0 Å². The molecule has 0 spiro atoms. The molecule has 20 heavy (non-hydrogen) atoms. The van der Waals surface area contributed by atoms with Gasteiger partial charge in [-0.05, 0) is 36.4 Å². The lowest BCUT2D eigenvalue weighted by atomic mass is 10.1. The quantitative estimate of drug-likeness (QED) is 0.933. The number of carbonyl (C=O) groups excluding carboxylic acids is 1.